The molecule has 3 aliphatic rings. The zero-order valence-corrected chi connectivity index (χ0v) is 23.8. The van der Waals surface area contributed by atoms with Gasteiger partial charge in [0.15, 0.2) is 0 Å². The molecule has 0 radical (unpaired) electrons. The van der Waals surface area contributed by atoms with Gasteiger partial charge in [0.1, 0.15) is 0 Å². The van der Waals surface area contributed by atoms with Crippen molar-refractivity contribution in [2.45, 2.75) is 123 Å². The molecule has 1 aromatic carbocycles. The Morgan fingerprint density at radius 1 is 0.919 bits per heavy atom. The normalized spacial score (nSPS) is 24.0. The topological polar surface area (TPSA) is 43.9 Å². The van der Waals surface area contributed by atoms with Gasteiger partial charge in [-0.25, -0.2) is 0 Å². The van der Waals surface area contributed by atoms with E-state index in [0.717, 1.165) is 43.7 Å². The number of nitrogens with zero attached hydrogens (tertiary/aromatic N) is 3. The van der Waals surface area contributed by atoms with Crippen LogP contribution in [0.3, 0.4) is 0 Å². The van der Waals surface area contributed by atoms with E-state index >= 15 is 0 Å². The van der Waals surface area contributed by atoms with Gasteiger partial charge in [-0.1, -0.05) is 77.5 Å². The van der Waals surface area contributed by atoms with Crippen LogP contribution in [0.15, 0.2) is 24.3 Å². The summed E-state index contributed by atoms with van der Waals surface area (Å²) in [7, 11) is 0. The third-order valence-corrected chi connectivity index (χ3v) is 9.19. The number of fused-ring (bicyclic) bond motifs is 3. The fourth-order valence-electron chi connectivity index (χ4n) is 6.93. The SMILES string of the molecule is CCC(=O)N1CCC2CCCC(CN(C(=O)CCC3CCCCC3)Cc3ccccc31)N2CCC(C)C. The quantitative estimate of drug-likeness (QED) is 0.406. The van der Waals surface area contributed by atoms with E-state index < -0.39 is 0 Å². The largest absolute Gasteiger partial charge is 0.337 e. The maximum absolute atomic E-state index is 13.8. The van der Waals surface area contributed by atoms with Crippen LogP contribution in [-0.4, -0.2) is 53.3 Å². The summed E-state index contributed by atoms with van der Waals surface area (Å²) in [5.41, 5.74) is 2.12. The summed E-state index contributed by atoms with van der Waals surface area (Å²) in [5, 5.41) is 0. The van der Waals surface area contributed by atoms with Crippen molar-refractivity contribution in [3.05, 3.63) is 29.8 Å². The Morgan fingerprint density at radius 3 is 2.43 bits per heavy atom. The second-order valence-corrected chi connectivity index (χ2v) is 12.3. The zero-order valence-electron chi connectivity index (χ0n) is 23.8. The first-order valence-electron chi connectivity index (χ1n) is 15.4. The molecule has 0 aromatic heterocycles. The maximum atomic E-state index is 13.8. The summed E-state index contributed by atoms with van der Waals surface area (Å²) in [6.45, 7) is 9.84. The van der Waals surface area contributed by atoms with Crippen LogP contribution in [0.1, 0.15) is 110 Å². The number of rotatable bonds is 7. The molecule has 1 aliphatic carbocycles. The van der Waals surface area contributed by atoms with Gasteiger partial charge in [0.05, 0.1) is 0 Å². The Hall–Kier alpha value is -1.88. The number of amides is 2. The molecular weight excluding hydrogens is 458 g/mol. The second kappa shape index (κ2) is 13.8. The van der Waals surface area contributed by atoms with Gasteiger partial charge in [0, 0.05) is 50.2 Å². The molecule has 5 nitrogen and oxygen atoms in total. The number of carbonyl (C=O) groups excluding carboxylic acids is 2. The number of para-hydroxylation sites is 1. The van der Waals surface area contributed by atoms with Gasteiger partial charge in [-0.2, -0.15) is 0 Å². The van der Waals surface area contributed by atoms with Crippen molar-refractivity contribution in [3.8, 4) is 0 Å². The average Bonchev–Trinajstić information content (AvgIpc) is 2.92. The second-order valence-electron chi connectivity index (χ2n) is 12.3. The van der Waals surface area contributed by atoms with Crippen LogP contribution in [0.2, 0.25) is 0 Å². The monoisotopic (exact) mass is 509 g/mol. The molecule has 37 heavy (non-hydrogen) atoms. The van der Waals surface area contributed by atoms with Gasteiger partial charge in [0.2, 0.25) is 11.8 Å². The maximum Gasteiger partial charge on any atom is 0.226 e. The fourth-order valence-corrected chi connectivity index (χ4v) is 6.93. The molecule has 0 N–H and O–H groups in total. The average molecular weight is 510 g/mol. The lowest BCUT2D eigenvalue weighted by atomic mass is 9.86. The minimum Gasteiger partial charge on any atom is -0.337 e. The predicted molar refractivity (Wildman–Crippen MR) is 153 cm³/mol. The van der Waals surface area contributed by atoms with Gasteiger partial charge in [-0.05, 0) is 62.1 Å². The van der Waals surface area contributed by atoms with Crippen LogP contribution in [-0.2, 0) is 16.1 Å². The highest BCUT2D eigenvalue weighted by atomic mass is 16.2. The first-order chi connectivity index (χ1) is 18.0. The minimum absolute atomic E-state index is 0.183. The molecule has 2 bridgehead atoms. The molecule has 2 fully saturated rings. The Bertz CT molecular complexity index is 879. The summed E-state index contributed by atoms with van der Waals surface area (Å²) in [4.78, 5) is 33.9. The van der Waals surface area contributed by atoms with Gasteiger partial charge in [0.25, 0.3) is 0 Å². The number of hydrogen-bond acceptors (Lipinski definition) is 3. The number of piperidine rings is 1. The molecule has 2 aliphatic heterocycles. The highest BCUT2D eigenvalue weighted by Crippen LogP contribution is 2.32. The van der Waals surface area contributed by atoms with Crippen LogP contribution in [0.4, 0.5) is 5.69 Å². The predicted octanol–water partition coefficient (Wildman–Crippen LogP) is 6.79. The lowest BCUT2D eigenvalue weighted by molar-refractivity contribution is -0.133. The van der Waals surface area contributed by atoms with Crippen molar-refractivity contribution in [1.29, 1.82) is 0 Å². The van der Waals surface area contributed by atoms with Crippen molar-refractivity contribution in [3.63, 3.8) is 0 Å². The Morgan fingerprint density at radius 2 is 1.68 bits per heavy atom. The molecule has 4 rings (SSSR count). The smallest absolute Gasteiger partial charge is 0.226 e. The molecule has 1 aromatic rings. The van der Waals surface area contributed by atoms with Gasteiger partial charge >= 0.3 is 0 Å². The molecule has 2 heterocycles. The van der Waals surface area contributed by atoms with Crippen molar-refractivity contribution in [2.75, 3.05) is 24.5 Å². The van der Waals surface area contributed by atoms with Crippen molar-refractivity contribution in [2.24, 2.45) is 11.8 Å². The van der Waals surface area contributed by atoms with Gasteiger partial charge < -0.3 is 9.80 Å². The van der Waals surface area contributed by atoms with Crippen molar-refractivity contribution < 1.29 is 9.59 Å². The third-order valence-electron chi connectivity index (χ3n) is 9.19. The lowest BCUT2D eigenvalue weighted by Gasteiger charge is -2.44. The van der Waals surface area contributed by atoms with Crippen LogP contribution in [0.25, 0.3) is 0 Å². The van der Waals surface area contributed by atoms with E-state index in [0.29, 0.717) is 49.2 Å². The molecule has 2 amide bonds. The number of benzene rings is 1. The number of anilines is 1. The molecule has 0 spiro atoms. The Labute approximate surface area is 226 Å². The van der Waals surface area contributed by atoms with Crippen LogP contribution < -0.4 is 4.90 Å². The van der Waals surface area contributed by atoms with Crippen LogP contribution >= 0.6 is 0 Å². The highest BCUT2D eigenvalue weighted by molar-refractivity contribution is 5.94. The summed E-state index contributed by atoms with van der Waals surface area (Å²) < 4.78 is 0. The molecule has 2 atom stereocenters. The van der Waals surface area contributed by atoms with E-state index in [1.807, 2.05) is 17.9 Å². The van der Waals surface area contributed by atoms with Gasteiger partial charge in [-0.15, -0.1) is 0 Å². The molecule has 5 heteroatoms. The van der Waals surface area contributed by atoms with E-state index in [1.54, 1.807) is 0 Å². The van der Waals surface area contributed by atoms with E-state index in [4.69, 9.17) is 0 Å². The molecular formula is C32H51N3O2. The summed E-state index contributed by atoms with van der Waals surface area (Å²) >= 11 is 0. The first kappa shape index (κ1) is 28.1. The first-order valence-corrected chi connectivity index (χ1v) is 15.4. The summed E-state index contributed by atoms with van der Waals surface area (Å²) in [6, 6.07) is 9.22. The summed E-state index contributed by atoms with van der Waals surface area (Å²) in [5.74, 6) is 1.87. The highest BCUT2D eigenvalue weighted by Gasteiger charge is 2.34. The Balaban J connectivity index is 1.62. The van der Waals surface area contributed by atoms with Gasteiger partial charge in [-0.3, -0.25) is 14.5 Å². The minimum atomic E-state index is 0.183. The molecule has 2 unspecified atom stereocenters. The third kappa shape index (κ3) is 7.59. The van der Waals surface area contributed by atoms with E-state index in [2.05, 4.69) is 41.8 Å². The van der Waals surface area contributed by atoms with Crippen molar-refractivity contribution >= 4 is 17.5 Å². The zero-order chi connectivity index (χ0) is 26.2. The Kier molecular flexibility index (Phi) is 10.5. The lowest BCUT2D eigenvalue weighted by Crippen LogP contribution is -2.53. The van der Waals surface area contributed by atoms with Crippen LogP contribution in [0.5, 0.6) is 0 Å². The molecule has 1 saturated carbocycles. The van der Waals surface area contributed by atoms with Crippen LogP contribution in [0, 0.1) is 11.8 Å². The molecule has 206 valence electrons. The van der Waals surface area contributed by atoms with E-state index in [9.17, 15) is 9.59 Å². The van der Waals surface area contributed by atoms with Crippen molar-refractivity contribution in [1.82, 2.24) is 9.80 Å². The number of hydrogen-bond donors (Lipinski definition) is 0. The standard InChI is InChI=1S/C32H51N3O2/c1-4-31(36)35-22-20-28-14-10-15-29(34(28)21-19-25(2)3)24-33(23-27-13-8-9-16-30(27)35)32(37)18-17-26-11-6-5-7-12-26/h8-9,13,16,25-26,28-29H,4-7,10-12,14-15,17-24H2,1-3H3. The number of carbonyl (C=O) groups is 2. The fraction of sp³-hybridized carbons (Fsp3) is 0.750. The van der Waals surface area contributed by atoms with E-state index in [-0.39, 0.29) is 5.91 Å². The molecule has 1 saturated heterocycles. The summed E-state index contributed by atoms with van der Waals surface area (Å²) in [6.07, 6.45) is 14.5. The van der Waals surface area contributed by atoms with E-state index in [1.165, 1.54) is 57.8 Å².